The fraction of sp³-hybridized carbons (Fsp3) is 0.250. The van der Waals surface area contributed by atoms with E-state index in [1.54, 1.807) is 13.8 Å². The number of hydrogen-bond donors (Lipinski definition) is 1. The lowest BCUT2D eigenvalue weighted by atomic mass is 10.1. The molecule has 0 saturated carbocycles. The van der Waals surface area contributed by atoms with Crippen LogP contribution in [0.2, 0.25) is 0 Å². The minimum absolute atomic E-state index is 0.0596. The molecule has 0 unspecified atom stereocenters. The minimum Gasteiger partial charge on any atom is -0.326 e. The normalized spacial score (nSPS) is 11.1. The maximum atomic E-state index is 12.5. The van der Waals surface area contributed by atoms with Crippen LogP contribution in [0.15, 0.2) is 47.6 Å². The summed E-state index contributed by atoms with van der Waals surface area (Å²) >= 11 is 0.328. The lowest BCUT2D eigenvalue weighted by Gasteiger charge is -2.11. The van der Waals surface area contributed by atoms with Gasteiger partial charge >= 0.3 is 0 Å². The van der Waals surface area contributed by atoms with Gasteiger partial charge in [-0.15, -0.1) is 0 Å². The van der Waals surface area contributed by atoms with Crippen LogP contribution >= 0.6 is 11.8 Å². The van der Waals surface area contributed by atoms with Gasteiger partial charge in [0, 0.05) is 23.5 Å². The molecule has 1 aromatic heterocycles. The second-order valence-corrected chi connectivity index (χ2v) is 7.10. The smallest absolute Gasteiger partial charge is 0.291 e. The molecule has 1 heterocycles. The Balaban J connectivity index is 1.64. The predicted octanol–water partition coefficient (Wildman–Crippen LogP) is 5.13. The minimum atomic E-state index is -2.55. The first-order valence-electron chi connectivity index (χ1n) is 8.50. The number of anilines is 1. The van der Waals surface area contributed by atoms with Gasteiger partial charge in [-0.25, -0.2) is 9.97 Å². The van der Waals surface area contributed by atoms with Gasteiger partial charge in [-0.1, -0.05) is 30.3 Å². The highest BCUT2D eigenvalue weighted by Gasteiger charge is 2.14. The van der Waals surface area contributed by atoms with Crippen LogP contribution < -0.4 is 5.32 Å². The van der Waals surface area contributed by atoms with Crippen LogP contribution in [0.25, 0.3) is 10.8 Å². The number of amides is 1. The van der Waals surface area contributed by atoms with Crippen molar-refractivity contribution in [2.24, 2.45) is 0 Å². The van der Waals surface area contributed by atoms with Crippen molar-refractivity contribution in [1.29, 1.82) is 0 Å². The van der Waals surface area contributed by atoms with Crippen molar-refractivity contribution < 1.29 is 13.6 Å². The van der Waals surface area contributed by atoms with Crippen molar-refractivity contribution in [3.63, 3.8) is 0 Å². The standard InChI is InChI=1S/C20H19F2N3OS/c1-12-17(13(2)24-20(23-12)27-19(21)22)9-10-18(26)25-16-8-7-14-5-3-4-6-15(14)11-16/h3-8,11,19H,9-10H2,1-2H3,(H,25,26). The maximum Gasteiger partial charge on any atom is 0.291 e. The van der Waals surface area contributed by atoms with E-state index in [1.165, 1.54) is 0 Å². The van der Waals surface area contributed by atoms with E-state index in [0.29, 0.717) is 29.6 Å². The number of aryl methyl sites for hydroxylation is 2. The Morgan fingerprint density at radius 3 is 2.41 bits per heavy atom. The Hall–Kier alpha value is -2.54. The van der Waals surface area contributed by atoms with E-state index in [2.05, 4.69) is 15.3 Å². The molecule has 0 aliphatic heterocycles. The number of thioether (sulfide) groups is 1. The second kappa shape index (κ2) is 8.43. The summed E-state index contributed by atoms with van der Waals surface area (Å²) in [4.78, 5) is 20.5. The highest BCUT2D eigenvalue weighted by Crippen LogP contribution is 2.24. The molecule has 1 amide bonds. The molecule has 1 N–H and O–H groups in total. The van der Waals surface area contributed by atoms with Gasteiger partial charge in [0.1, 0.15) is 0 Å². The first kappa shape index (κ1) is 19.2. The molecule has 4 nitrogen and oxygen atoms in total. The van der Waals surface area contributed by atoms with Crippen molar-refractivity contribution in [2.45, 2.75) is 37.6 Å². The third-order valence-electron chi connectivity index (χ3n) is 4.23. The number of benzene rings is 2. The maximum absolute atomic E-state index is 12.5. The summed E-state index contributed by atoms with van der Waals surface area (Å²) in [6.07, 6.45) is 0.718. The Morgan fingerprint density at radius 2 is 1.74 bits per heavy atom. The molecule has 27 heavy (non-hydrogen) atoms. The molecule has 0 aliphatic rings. The van der Waals surface area contributed by atoms with Crippen molar-refractivity contribution >= 4 is 34.1 Å². The quantitative estimate of drug-likeness (QED) is 0.470. The molecule has 140 valence electrons. The highest BCUT2D eigenvalue weighted by molar-refractivity contribution is 7.99. The van der Waals surface area contributed by atoms with Gasteiger partial charge in [0.25, 0.3) is 5.76 Å². The van der Waals surface area contributed by atoms with Gasteiger partial charge in [-0.3, -0.25) is 4.79 Å². The Bertz CT molecular complexity index is 955. The van der Waals surface area contributed by atoms with Gasteiger partial charge in [0.15, 0.2) is 5.16 Å². The van der Waals surface area contributed by atoms with Crippen molar-refractivity contribution in [2.75, 3.05) is 5.32 Å². The fourth-order valence-electron chi connectivity index (χ4n) is 2.93. The molecule has 0 radical (unpaired) electrons. The number of carbonyl (C=O) groups is 1. The number of alkyl halides is 2. The van der Waals surface area contributed by atoms with Gasteiger partial charge in [-0.05, 0) is 60.5 Å². The average Bonchev–Trinajstić information content (AvgIpc) is 2.60. The number of fused-ring (bicyclic) bond motifs is 1. The van der Waals surface area contributed by atoms with Gasteiger partial charge < -0.3 is 5.32 Å². The average molecular weight is 387 g/mol. The summed E-state index contributed by atoms with van der Waals surface area (Å²) in [7, 11) is 0. The number of halogens is 2. The summed E-state index contributed by atoms with van der Waals surface area (Å²) in [6, 6.07) is 13.7. The molecule has 7 heteroatoms. The van der Waals surface area contributed by atoms with Crippen molar-refractivity contribution in [3.05, 3.63) is 59.4 Å². The van der Waals surface area contributed by atoms with Crippen LogP contribution in [0.4, 0.5) is 14.5 Å². The molecule has 0 spiro atoms. The number of rotatable bonds is 6. The highest BCUT2D eigenvalue weighted by atomic mass is 32.2. The molecule has 0 saturated heterocycles. The van der Waals surface area contributed by atoms with E-state index in [9.17, 15) is 13.6 Å². The predicted molar refractivity (Wildman–Crippen MR) is 104 cm³/mol. The third kappa shape index (κ3) is 5.01. The topological polar surface area (TPSA) is 54.9 Å². The van der Waals surface area contributed by atoms with Gasteiger partial charge in [-0.2, -0.15) is 8.78 Å². The zero-order valence-corrected chi connectivity index (χ0v) is 15.8. The van der Waals surface area contributed by atoms with Gasteiger partial charge in [0.2, 0.25) is 5.91 Å². The van der Waals surface area contributed by atoms with Crippen LogP contribution in [0.5, 0.6) is 0 Å². The zero-order chi connectivity index (χ0) is 19.4. The molecule has 2 aromatic carbocycles. The summed E-state index contributed by atoms with van der Waals surface area (Å²) < 4.78 is 24.9. The van der Waals surface area contributed by atoms with E-state index in [4.69, 9.17) is 0 Å². The second-order valence-electron chi connectivity index (χ2n) is 6.14. The lowest BCUT2D eigenvalue weighted by Crippen LogP contribution is -2.13. The van der Waals surface area contributed by atoms with E-state index in [0.717, 1.165) is 22.0 Å². The number of nitrogens with zero attached hydrogens (tertiary/aromatic N) is 2. The zero-order valence-electron chi connectivity index (χ0n) is 15.0. The largest absolute Gasteiger partial charge is 0.326 e. The third-order valence-corrected chi connectivity index (χ3v) is 4.80. The SMILES string of the molecule is Cc1nc(SC(F)F)nc(C)c1CCC(=O)Nc1ccc2ccccc2c1. The van der Waals surface area contributed by atoms with Gasteiger partial charge in [0.05, 0.1) is 0 Å². The number of carbonyl (C=O) groups excluding carboxylic acids is 1. The summed E-state index contributed by atoms with van der Waals surface area (Å²) in [6.45, 7) is 3.50. The van der Waals surface area contributed by atoms with E-state index < -0.39 is 5.76 Å². The molecule has 3 aromatic rings. The summed E-state index contributed by atoms with van der Waals surface area (Å²) in [5.74, 6) is -2.67. The van der Waals surface area contributed by atoms with E-state index >= 15 is 0 Å². The van der Waals surface area contributed by atoms with Crippen LogP contribution in [0.1, 0.15) is 23.4 Å². The Labute approximate surface area is 160 Å². The molecule has 0 aliphatic carbocycles. The monoisotopic (exact) mass is 387 g/mol. The molecular weight excluding hydrogens is 368 g/mol. The molecule has 3 rings (SSSR count). The number of hydrogen-bond acceptors (Lipinski definition) is 4. The van der Waals surface area contributed by atoms with Crippen LogP contribution in [-0.2, 0) is 11.2 Å². The van der Waals surface area contributed by atoms with Crippen LogP contribution in [0, 0.1) is 13.8 Å². The lowest BCUT2D eigenvalue weighted by molar-refractivity contribution is -0.116. The van der Waals surface area contributed by atoms with Crippen LogP contribution in [0.3, 0.4) is 0 Å². The molecular formula is C20H19F2N3OS. The van der Waals surface area contributed by atoms with Crippen molar-refractivity contribution in [3.8, 4) is 0 Å². The molecule has 0 bridgehead atoms. The summed E-state index contributed by atoms with van der Waals surface area (Å²) in [5, 5.41) is 5.13. The first-order valence-corrected chi connectivity index (χ1v) is 9.38. The molecule has 0 fully saturated rings. The number of aromatic nitrogens is 2. The first-order chi connectivity index (χ1) is 12.9. The Kier molecular flexibility index (Phi) is 6.01. The van der Waals surface area contributed by atoms with E-state index in [-0.39, 0.29) is 17.5 Å². The fourth-order valence-corrected chi connectivity index (χ4v) is 3.47. The van der Waals surface area contributed by atoms with E-state index in [1.807, 2.05) is 42.5 Å². The summed E-state index contributed by atoms with van der Waals surface area (Å²) in [5.41, 5.74) is 2.82. The van der Waals surface area contributed by atoms with Crippen molar-refractivity contribution in [1.82, 2.24) is 9.97 Å². The Morgan fingerprint density at radius 1 is 1.07 bits per heavy atom. The number of nitrogens with one attached hydrogen (secondary N) is 1. The molecule has 0 atom stereocenters. The van der Waals surface area contributed by atoms with Crippen LogP contribution in [-0.4, -0.2) is 21.6 Å².